The van der Waals surface area contributed by atoms with E-state index in [-0.39, 0.29) is 5.56 Å². The smallest absolute Gasteiger partial charge is 0.133 e. The van der Waals surface area contributed by atoms with Crippen molar-refractivity contribution in [1.29, 1.82) is 0 Å². The number of H-pyrrole nitrogens is 1. The Kier molecular flexibility index (Phi) is 4.27. The van der Waals surface area contributed by atoms with Crippen LogP contribution in [-0.4, -0.2) is 16.5 Å². The predicted octanol–water partition coefficient (Wildman–Crippen LogP) is 3.16. The van der Waals surface area contributed by atoms with E-state index in [9.17, 15) is 8.78 Å². The molecule has 19 heavy (non-hydrogen) atoms. The van der Waals surface area contributed by atoms with Gasteiger partial charge < -0.3 is 10.3 Å². The van der Waals surface area contributed by atoms with Crippen molar-refractivity contribution in [3.63, 3.8) is 0 Å². The maximum Gasteiger partial charge on any atom is 0.133 e. The fraction of sp³-hybridized carbons (Fsp3) is 0.357. The first-order valence-corrected chi connectivity index (χ1v) is 6.32. The summed E-state index contributed by atoms with van der Waals surface area (Å²) in [6.07, 6.45) is 2.56. The van der Waals surface area contributed by atoms with Gasteiger partial charge in [-0.2, -0.15) is 0 Å². The number of benzene rings is 1. The molecule has 2 N–H and O–H groups in total. The highest BCUT2D eigenvalue weighted by Crippen LogP contribution is 2.23. The van der Waals surface area contributed by atoms with Gasteiger partial charge in [-0.1, -0.05) is 6.92 Å². The molecule has 0 aliphatic rings. The summed E-state index contributed by atoms with van der Waals surface area (Å²) in [7, 11) is 0. The molecule has 0 atom stereocenters. The Labute approximate surface area is 111 Å². The van der Waals surface area contributed by atoms with Crippen LogP contribution < -0.4 is 5.32 Å². The zero-order valence-electron chi connectivity index (χ0n) is 11.1. The minimum atomic E-state index is -0.449. The zero-order chi connectivity index (χ0) is 13.8. The second-order valence-electron chi connectivity index (χ2n) is 4.50. The molecule has 0 radical (unpaired) electrons. The van der Waals surface area contributed by atoms with Crippen LogP contribution in [0, 0.1) is 18.6 Å². The molecule has 5 heteroatoms. The number of hydrogen-bond acceptors (Lipinski definition) is 2. The van der Waals surface area contributed by atoms with Gasteiger partial charge in [0.2, 0.25) is 0 Å². The van der Waals surface area contributed by atoms with Crippen LogP contribution in [0.1, 0.15) is 24.7 Å². The first-order chi connectivity index (χ1) is 9.11. The molecule has 0 unspecified atom stereocenters. The van der Waals surface area contributed by atoms with Crippen LogP contribution in [-0.2, 0) is 6.54 Å². The molecule has 1 aromatic carbocycles. The summed E-state index contributed by atoms with van der Waals surface area (Å²) in [6.45, 7) is 5.09. The summed E-state index contributed by atoms with van der Waals surface area (Å²) in [5.41, 5.74) is 0.993. The van der Waals surface area contributed by atoms with Gasteiger partial charge in [-0.3, -0.25) is 0 Å². The molecule has 0 aliphatic heterocycles. The molecule has 0 fully saturated rings. The van der Waals surface area contributed by atoms with Crippen molar-refractivity contribution in [3.8, 4) is 11.3 Å². The standard InChI is InChI=1S/C14H17F2N3/c1-3-4-17-8-14-18-7-13(19-14)10-6-11(15)9(2)5-12(10)16/h5-7,17H,3-4,8H2,1-2H3,(H,18,19). The predicted molar refractivity (Wildman–Crippen MR) is 70.7 cm³/mol. The van der Waals surface area contributed by atoms with Crippen molar-refractivity contribution in [2.75, 3.05) is 6.54 Å². The molecule has 0 bridgehead atoms. The van der Waals surface area contributed by atoms with E-state index in [0.717, 1.165) is 13.0 Å². The molecule has 1 aromatic heterocycles. The number of aryl methyl sites for hydroxylation is 1. The Morgan fingerprint density at radius 2 is 2.05 bits per heavy atom. The highest BCUT2D eigenvalue weighted by molar-refractivity contribution is 5.60. The van der Waals surface area contributed by atoms with Gasteiger partial charge in [0, 0.05) is 5.56 Å². The molecule has 0 amide bonds. The van der Waals surface area contributed by atoms with Crippen molar-refractivity contribution >= 4 is 0 Å². The van der Waals surface area contributed by atoms with Crippen molar-refractivity contribution in [3.05, 3.63) is 41.4 Å². The second kappa shape index (κ2) is 5.93. The normalized spacial score (nSPS) is 10.9. The molecule has 3 nitrogen and oxygen atoms in total. The Bertz CT molecular complexity index is 564. The highest BCUT2D eigenvalue weighted by atomic mass is 19.1. The SMILES string of the molecule is CCCNCc1ncc(-c2cc(F)c(C)cc2F)[nH]1. The monoisotopic (exact) mass is 265 g/mol. The van der Waals surface area contributed by atoms with Gasteiger partial charge in [0.1, 0.15) is 17.5 Å². The highest BCUT2D eigenvalue weighted by Gasteiger charge is 2.11. The lowest BCUT2D eigenvalue weighted by molar-refractivity contribution is 0.594. The van der Waals surface area contributed by atoms with E-state index < -0.39 is 11.6 Å². The lowest BCUT2D eigenvalue weighted by Crippen LogP contribution is -2.14. The summed E-state index contributed by atoms with van der Waals surface area (Å²) >= 11 is 0. The van der Waals surface area contributed by atoms with Gasteiger partial charge >= 0.3 is 0 Å². The lowest BCUT2D eigenvalue weighted by atomic mass is 10.1. The third-order valence-electron chi connectivity index (χ3n) is 2.89. The lowest BCUT2D eigenvalue weighted by Gasteiger charge is -2.03. The molecule has 0 spiro atoms. The van der Waals surface area contributed by atoms with E-state index in [1.165, 1.54) is 25.3 Å². The first kappa shape index (κ1) is 13.7. The molecular formula is C14H17F2N3. The van der Waals surface area contributed by atoms with Crippen molar-refractivity contribution in [1.82, 2.24) is 15.3 Å². The van der Waals surface area contributed by atoms with E-state index in [4.69, 9.17) is 0 Å². The average molecular weight is 265 g/mol. The van der Waals surface area contributed by atoms with Gasteiger partial charge in [-0.15, -0.1) is 0 Å². The molecule has 2 rings (SSSR count). The number of aromatic amines is 1. The Morgan fingerprint density at radius 1 is 1.26 bits per heavy atom. The van der Waals surface area contributed by atoms with Crippen LogP contribution in [0.3, 0.4) is 0 Å². The van der Waals surface area contributed by atoms with E-state index in [0.29, 0.717) is 23.6 Å². The van der Waals surface area contributed by atoms with Crippen LogP contribution in [0.25, 0.3) is 11.3 Å². The van der Waals surface area contributed by atoms with Crippen LogP contribution in [0.5, 0.6) is 0 Å². The summed E-state index contributed by atoms with van der Waals surface area (Å²) in [5.74, 6) is -0.156. The number of nitrogens with zero attached hydrogens (tertiary/aromatic N) is 1. The Hall–Kier alpha value is -1.75. The second-order valence-corrected chi connectivity index (χ2v) is 4.50. The summed E-state index contributed by atoms with van der Waals surface area (Å²) in [5, 5.41) is 3.19. The quantitative estimate of drug-likeness (QED) is 0.815. The molecule has 0 aliphatic carbocycles. The van der Waals surface area contributed by atoms with Gasteiger partial charge in [0.05, 0.1) is 18.4 Å². The third-order valence-corrected chi connectivity index (χ3v) is 2.89. The summed E-state index contributed by atoms with van der Waals surface area (Å²) in [6, 6.07) is 2.39. The number of hydrogen-bond donors (Lipinski definition) is 2. The molecule has 1 heterocycles. The third kappa shape index (κ3) is 3.17. The minimum absolute atomic E-state index is 0.206. The van der Waals surface area contributed by atoms with E-state index >= 15 is 0 Å². The minimum Gasteiger partial charge on any atom is -0.341 e. The fourth-order valence-corrected chi connectivity index (χ4v) is 1.83. The average Bonchev–Trinajstić information content (AvgIpc) is 2.83. The van der Waals surface area contributed by atoms with Crippen molar-refractivity contribution < 1.29 is 8.78 Å². The van der Waals surface area contributed by atoms with Crippen molar-refractivity contribution in [2.24, 2.45) is 0 Å². The van der Waals surface area contributed by atoms with Crippen LogP contribution in [0.15, 0.2) is 18.3 Å². The number of rotatable bonds is 5. The van der Waals surface area contributed by atoms with Gasteiger partial charge in [-0.25, -0.2) is 13.8 Å². The van der Waals surface area contributed by atoms with E-state index in [1.807, 2.05) is 0 Å². The maximum absolute atomic E-state index is 13.8. The van der Waals surface area contributed by atoms with Gasteiger partial charge in [-0.05, 0) is 37.6 Å². The Morgan fingerprint density at radius 3 is 2.79 bits per heavy atom. The van der Waals surface area contributed by atoms with Crippen LogP contribution in [0.2, 0.25) is 0 Å². The van der Waals surface area contributed by atoms with Crippen LogP contribution in [0.4, 0.5) is 8.78 Å². The topological polar surface area (TPSA) is 40.7 Å². The van der Waals surface area contributed by atoms with Gasteiger partial charge in [0.25, 0.3) is 0 Å². The Balaban J connectivity index is 2.20. The number of halogens is 2. The van der Waals surface area contributed by atoms with E-state index in [2.05, 4.69) is 22.2 Å². The molecule has 2 aromatic rings. The number of imidazole rings is 1. The number of nitrogens with one attached hydrogen (secondary N) is 2. The van der Waals surface area contributed by atoms with Gasteiger partial charge in [0.15, 0.2) is 0 Å². The summed E-state index contributed by atoms with van der Waals surface area (Å²) < 4.78 is 27.3. The molecule has 0 saturated heterocycles. The molecule has 0 saturated carbocycles. The van der Waals surface area contributed by atoms with E-state index in [1.54, 1.807) is 0 Å². The molecule has 102 valence electrons. The largest absolute Gasteiger partial charge is 0.341 e. The summed E-state index contributed by atoms with van der Waals surface area (Å²) in [4.78, 5) is 7.15. The van der Waals surface area contributed by atoms with Crippen molar-refractivity contribution in [2.45, 2.75) is 26.8 Å². The van der Waals surface area contributed by atoms with Crippen LogP contribution >= 0.6 is 0 Å². The zero-order valence-corrected chi connectivity index (χ0v) is 11.1. The molecular weight excluding hydrogens is 248 g/mol. The maximum atomic E-state index is 13.8. The fourth-order valence-electron chi connectivity index (χ4n) is 1.83. The number of aromatic nitrogens is 2. The first-order valence-electron chi connectivity index (χ1n) is 6.32.